The number of likely N-dealkylation sites (tertiary alicyclic amines) is 1. The predicted molar refractivity (Wildman–Crippen MR) is 79.3 cm³/mol. The molecule has 2 atom stereocenters. The van der Waals surface area contributed by atoms with Crippen LogP contribution in [0.25, 0.3) is 0 Å². The third-order valence-electron chi connectivity index (χ3n) is 4.23. The summed E-state index contributed by atoms with van der Waals surface area (Å²) in [6, 6.07) is 4.59. The van der Waals surface area contributed by atoms with E-state index in [4.69, 9.17) is 15.2 Å². The largest absolute Gasteiger partial charge is 0.496 e. The number of fused-ring (bicyclic) bond motifs is 1. The second-order valence-electron chi connectivity index (χ2n) is 6.04. The van der Waals surface area contributed by atoms with E-state index < -0.39 is 0 Å². The molecule has 4 heteroatoms. The molecule has 2 N–H and O–H groups in total. The summed E-state index contributed by atoms with van der Waals surface area (Å²) in [6.07, 6.45) is 3.56. The maximum absolute atomic E-state index is 6.06. The van der Waals surface area contributed by atoms with E-state index in [9.17, 15) is 0 Å². The molecular weight excluding hydrogens is 252 g/mol. The first-order chi connectivity index (χ1) is 9.65. The number of hydrogen-bond donors (Lipinski definition) is 1. The molecule has 0 bridgehead atoms. The lowest BCUT2D eigenvalue weighted by atomic mass is 10.0. The van der Waals surface area contributed by atoms with Gasteiger partial charge >= 0.3 is 0 Å². The Morgan fingerprint density at radius 1 is 1.45 bits per heavy atom. The van der Waals surface area contributed by atoms with Crippen molar-refractivity contribution in [3.8, 4) is 11.5 Å². The number of rotatable bonds is 3. The van der Waals surface area contributed by atoms with Crippen LogP contribution in [0.15, 0.2) is 12.1 Å². The molecule has 1 aromatic carbocycles. The van der Waals surface area contributed by atoms with Crippen LogP contribution >= 0.6 is 0 Å². The number of nitrogens with zero attached hydrogens (tertiary/aromatic N) is 1. The van der Waals surface area contributed by atoms with Crippen molar-refractivity contribution in [2.45, 2.75) is 44.9 Å². The summed E-state index contributed by atoms with van der Waals surface area (Å²) in [5, 5.41) is 0. The zero-order valence-corrected chi connectivity index (χ0v) is 12.4. The highest BCUT2D eigenvalue weighted by Gasteiger charge is 2.23. The van der Waals surface area contributed by atoms with Crippen molar-refractivity contribution in [1.29, 1.82) is 0 Å². The number of hydrogen-bond acceptors (Lipinski definition) is 4. The number of piperidine rings is 1. The fraction of sp³-hybridized carbons (Fsp3) is 0.625. The van der Waals surface area contributed by atoms with E-state index >= 15 is 0 Å². The molecule has 0 aliphatic carbocycles. The van der Waals surface area contributed by atoms with Crippen LogP contribution in [0.1, 0.15) is 30.9 Å². The van der Waals surface area contributed by atoms with Crippen LogP contribution < -0.4 is 15.2 Å². The molecule has 4 nitrogen and oxygen atoms in total. The van der Waals surface area contributed by atoms with Gasteiger partial charge < -0.3 is 15.2 Å². The number of ether oxygens (including phenoxy) is 2. The monoisotopic (exact) mass is 276 g/mol. The van der Waals surface area contributed by atoms with Crippen molar-refractivity contribution in [3.63, 3.8) is 0 Å². The van der Waals surface area contributed by atoms with Crippen molar-refractivity contribution in [3.05, 3.63) is 23.3 Å². The predicted octanol–water partition coefficient (Wildman–Crippen LogP) is 1.94. The fourth-order valence-electron chi connectivity index (χ4n) is 3.27. The fourth-order valence-corrected chi connectivity index (χ4v) is 3.27. The van der Waals surface area contributed by atoms with Crippen molar-refractivity contribution in [2.75, 3.05) is 20.2 Å². The van der Waals surface area contributed by atoms with Gasteiger partial charge in [-0.1, -0.05) is 0 Å². The first kappa shape index (κ1) is 13.7. The van der Waals surface area contributed by atoms with E-state index in [0.29, 0.717) is 6.04 Å². The van der Waals surface area contributed by atoms with E-state index in [2.05, 4.69) is 24.0 Å². The Labute approximate surface area is 120 Å². The third kappa shape index (κ3) is 2.76. The summed E-state index contributed by atoms with van der Waals surface area (Å²) in [5.74, 6) is 2.00. The van der Waals surface area contributed by atoms with Gasteiger partial charge in [0.2, 0.25) is 0 Å². The number of nitrogens with two attached hydrogens (primary N) is 1. The van der Waals surface area contributed by atoms with E-state index in [1.165, 1.54) is 17.5 Å². The van der Waals surface area contributed by atoms with E-state index in [1.54, 1.807) is 7.11 Å². The minimum atomic E-state index is 0.272. The van der Waals surface area contributed by atoms with Crippen molar-refractivity contribution in [1.82, 2.24) is 4.90 Å². The summed E-state index contributed by atoms with van der Waals surface area (Å²) >= 11 is 0. The molecule has 0 radical (unpaired) electrons. The van der Waals surface area contributed by atoms with Crippen LogP contribution in [0.5, 0.6) is 11.5 Å². The second kappa shape index (κ2) is 5.62. The lowest BCUT2D eigenvalue weighted by Crippen LogP contribution is -2.42. The molecule has 0 spiro atoms. The summed E-state index contributed by atoms with van der Waals surface area (Å²) in [7, 11) is 1.74. The van der Waals surface area contributed by atoms with Crippen molar-refractivity contribution < 1.29 is 9.47 Å². The maximum Gasteiger partial charge on any atom is 0.123 e. The molecule has 0 saturated carbocycles. The highest BCUT2D eigenvalue weighted by Crippen LogP contribution is 2.35. The molecule has 110 valence electrons. The molecule has 2 unspecified atom stereocenters. The first-order valence-electron chi connectivity index (χ1n) is 7.50. The van der Waals surface area contributed by atoms with Gasteiger partial charge in [-0.25, -0.2) is 0 Å². The Hall–Kier alpha value is -1.26. The summed E-state index contributed by atoms with van der Waals surface area (Å²) in [5.41, 5.74) is 8.52. The molecule has 0 aromatic heterocycles. The van der Waals surface area contributed by atoms with Crippen LogP contribution in [0.2, 0.25) is 0 Å². The van der Waals surface area contributed by atoms with Crippen LogP contribution in [0.4, 0.5) is 0 Å². The quantitative estimate of drug-likeness (QED) is 0.916. The highest BCUT2D eigenvalue weighted by molar-refractivity contribution is 5.48. The van der Waals surface area contributed by atoms with Gasteiger partial charge in [0.05, 0.1) is 7.11 Å². The first-order valence-corrected chi connectivity index (χ1v) is 7.50. The van der Waals surface area contributed by atoms with Gasteiger partial charge in [-0.05, 0) is 38.4 Å². The van der Waals surface area contributed by atoms with Crippen LogP contribution in [-0.4, -0.2) is 37.2 Å². The normalized spacial score (nSPS) is 26.1. The van der Waals surface area contributed by atoms with Crippen LogP contribution in [0, 0.1) is 0 Å². The van der Waals surface area contributed by atoms with Crippen molar-refractivity contribution >= 4 is 0 Å². The highest BCUT2D eigenvalue weighted by atomic mass is 16.5. The van der Waals surface area contributed by atoms with Crippen LogP contribution in [0.3, 0.4) is 0 Å². The molecule has 1 saturated heterocycles. The van der Waals surface area contributed by atoms with E-state index in [1.807, 2.05) is 0 Å². The van der Waals surface area contributed by atoms with E-state index in [0.717, 1.165) is 44.0 Å². The minimum absolute atomic E-state index is 0.272. The van der Waals surface area contributed by atoms with Gasteiger partial charge in [0, 0.05) is 36.7 Å². The molecular formula is C16H24N2O2. The second-order valence-corrected chi connectivity index (χ2v) is 6.04. The van der Waals surface area contributed by atoms with Gasteiger partial charge in [0.25, 0.3) is 0 Å². The molecule has 2 heterocycles. The molecule has 2 aliphatic heterocycles. The Kier molecular flexibility index (Phi) is 3.85. The summed E-state index contributed by atoms with van der Waals surface area (Å²) in [4.78, 5) is 2.41. The lowest BCUT2D eigenvalue weighted by Gasteiger charge is -2.31. The van der Waals surface area contributed by atoms with E-state index in [-0.39, 0.29) is 6.10 Å². The SMILES string of the molecule is COc1cc2c(cc1CN1CCCC(N)C1)OC(C)C2. The Balaban J connectivity index is 1.80. The Bertz CT molecular complexity index is 490. The van der Waals surface area contributed by atoms with Gasteiger partial charge in [0.15, 0.2) is 0 Å². The standard InChI is InChI=1S/C16H24N2O2/c1-11-6-12-7-15(19-2)13(8-16(12)20-11)9-18-5-3-4-14(17)10-18/h7-8,11,14H,3-6,9-10,17H2,1-2H3. The number of benzene rings is 1. The molecule has 1 aromatic rings. The summed E-state index contributed by atoms with van der Waals surface area (Å²) < 4.78 is 11.4. The molecule has 3 rings (SSSR count). The lowest BCUT2D eigenvalue weighted by molar-refractivity contribution is 0.199. The summed E-state index contributed by atoms with van der Waals surface area (Å²) in [6.45, 7) is 5.08. The van der Waals surface area contributed by atoms with Gasteiger partial charge in [-0.2, -0.15) is 0 Å². The van der Waals surface area contributed by atoms with Gasteiger partial charge in [-0.3, -0.25) is 4.90 Å². The molecule has 1 fully saturated rings. The third-order valence-corrected chi connectivity index (χ3v) is 4.23. The maximum atomic E-state index is 6.06. The molecule has 20 heavy (non-hydrogen) atoms. The van der Waals surface area contributed by atoms with Crippen LogP contribution in [-0.2, 0) is 13.0 Å². The zero-order valence-electron chi connectivity index (χ0n) is 12.4. The smallest absolute Gasteiger partial charge is 0.123 e. The topological polar surface area (TPSA) is 47.7 Å². The average molecular weight is 276 g/mol. The molecule has 0 amide bonds. The van der Waals surface area contributed by atoms with Gasteiger partial charge in [0.1, 0.15) is 17.6 Å². The molecule has 2 aliphatic rings. The van der Waals surface area contributed by atoms with Crippen molar-refractivity contribution in [2.24, 2.45) is 5.73 Å². The zero-order chi connectivity index (χ0) is 14.1. The number of methoxy groups -OCH3 is 1. The van der Waals surface area contributed by atoms with Gasteiger partial charge in [-0.15, -0.1) is 0 Å². The minimum Gasteiger partial charge on any atom is -0.496 e. The Morgan fingerprint density at radius 2 is 2.30 bits per heavy atom. The Morgan fingerprint density at radius 3 is 3.05 bits per heavy atom. The average Bonchev–Trinajstić information content (AvgIpc) is 2.77.